The molecule has 0 aromatic heterocycles. The van der Waals surface area contributed by atoms with Crippen LogP contribution in [-0.2, 0) is 16.0 Å². The van der Waals surface area contributed by atoms with Crippen LogP contribution < -0.4 is 0 Å². The first kappa shape index (κ1) is 19.6. The summed E-state index contributed by atoms with van der Waals surface area (Å²) in [5.74, 6) is 0. The van der Waals surface area contributed by atoms with Crippen molar-refractivity contribution < 1.29 is 19.1 Å². The first-order chi connectivity index (χ1) is 13.7. The van der Waals surface area contributed by atoms with Crippen molar-refractivity contribution in [1.29, 1.82) is 0 Å². The number of rotatable bonds is 2. The molecule has 2 aliphatic rings. The first-order valence-corrected chi connectivity index (χ1v) is 10.2. The second-order valence-electron chi connectivity index (χ2n) is 9.06. The number of ether oxygens (including phenoxy) is 2. The summed E-state index contributed by atoms with van der Waals surface area (Å²) >= 11 is 0. The second kappa shape index (κ2) is 7.25. The van der Waals surface area contributed by atoms with E-state index >= 15 is 0 Å². The molecule has 2 amide bonds. The molecule has 2 saturated heterocycles. The third kappa shape index (κ3) is 4.31. The van der Waals surface area contributed by atoms with Gasteiger partial charge in [0.2, 0.25) is 0 Å². The lowest BCUT2D eigenvalue weighted by Gasteiger charge is -2.37. The first-order valence-electron chi connectivity index (χ1n) is 10.2. The third-order valence-electron chi connectivity index (χ3n) is 5.55. The molecule has 0 bridgehead atoms. The lowest BCUT2D eigenvalue weighted by atomic mass is 9.91. The predicted octanol–water partition coefficient (Wildman–Crippen LogP) is 4.56. The largest absolute Gasteiger partial charge is 0.444 e. The highest BCUT2D eigenvalue weighted by Gasteiger charge is 2.47. The lowest BCUT2D eigenvalue weighted by Crippen LogP contribution is -2.49. The maximum absolute atomic E-state index is 12.5. The van der Waals surface area contributed by atoms with Crippen molar-refractivity contribution in [1.82, 2.24) is 9.80 Å². The van der Waals surface area contributed by atoms with Crippen LogP contribution in [0, 0.1) is 0 Å². The van der Waals surface area contributed by atoms with E-state index in [9.17, 15) is 9.59 Å². The molecule has 0 unspecified atom stereocenters. The Labute approximate surface area is 171 Å². The van der Waals surface area contributed by atoms with E-state index in [2.05, 4.69) is 30.3 Å². The quantitative estimate of drug-likeness (QED) is 0.747. The summed E-state index contributed by atoms with van der Waals surface area (Å²) in [5.41, 5.74) is 0.0682. The molecule has 154 valence electrons. The average Bonchev–Trinajstić information content (AvgIpc) is 2.95. The summed E-state index contributed by atoms with van der Waals surface area (Å²) < 4.78 is 11.3. The van der Waals surface area contributed by atoms with Gasteiger partial charge in [-0.2, -0.15) is 0 Å². The standard InChI is InChI=1S/C23H28N2O4/c1-22(2,3)28-20(26)24-12-10-23(11-13-24)16-25(21(27)29-23)15-17-8-9-18-6-4-5-7-19(18)14-17/h4-9,14H,10-13,15-16H2,1-3H3. The van der Waals surface area contributed by atoms with Gasteiger partial charge in [0.15, 0.2) is 0 Å². The number of piperidine rings is 1. The maximum atomic E-state index is 12.5. The van der Waals surface area contributed by atoms with Gasteiger partial charge in [-0.3, -0.25) is 4.90 Å². The molecule has 0 atom stereocenters. The number of carbonyl (C=O) groups excluding carboxylic acids is 2. The molecule has 2 aliphatic heterocycles. The summed E-state index contributed by atoms with van der Waals surface area (Å²) in [7, 11) is 0. The summed E-state index contributed by atoms with van der Waals surface area (Å²) in [6, 6.07) is 14.5. The Balaban J connectivity index is 1.38. The van der Waals surface area contributed by atoms with Crippen molar-refractivity contribution in [2.45, 2.75) is 51.4 Å². The smallest absolute Gasteiger partial charge is 0.410 e. The lowest BCUT2D eigenvalue weighted by molar-refractivity contribution is -0.0170. The maximum Gasteiger partial charge on any atom is 0.410 e. The summed E-state index contributed by atoms with van der Waals surface area (Å²) in [6.07, 6.45) is 0.687. The Bertz CT molecular complexity index is 926. The zero-order valence-electron chi connectivity index (χ0n) is 17.3. The van der Waals surface area contributed by atoms with Gasteiger partial charge in [-0.15, -0.1) is 0 Å². The Morgan fingerprint density at radius 1 is 1.10 bits per heavy atom. The van der Waals surface area contributed by atoms with Gasteiger partial charge in [0.25, 0.3) is 0 Å². The van der Waals surface area contributed by atoms with E-state index in [0.29, 0.717) is 39.0 Å². The van der Waals surface area contributed by atoms with Gasteiger partial charge in [0.05, 0.1) is 6.54 Å². The molecule has 0 radical (unpaired) electrons. The van der Waals surface area contributed by atoms with Gasteiger partial charge in [0.1, 0.15) is 11.2 Å². The molecule has 1 spiro atoms. The molecule has 2 fully saturated rings. The highest BCUT2D eigenvalue weighted by molar-refractivity contribution is 5.83. The van der Waals surface area contributed by atoms with Crippen molar-refractivity contribution in [3.8, 4) is 0 Å². The van der Waals surface area contributed by atoms with Gasteiger partial charge >= 0.3 is 12.2 Å². The summed E-state index contributed by atoms with van der Waals surface area (Å²) in [4.78, 5) is 28.3. The SMILES string of the molecule is CC(C)(C)OC(=O)N1CCC2(CC1)CN(Cc1ccc3ccccc3c1)C(=O)O2. The number of benzene rings is 2. The van der Waals surface area contributed by atoms with Crippen molar-refractivity contribution in [3.63, 3.8) is 0 Å². The second-order valence-corrected chi connectivity index (χ2v) is 9.06. The van der Waals surface area contributed by atoms with E-state index in [4.69, 9.17) is 9.47 Å². The van der Waals surface area contributed by atoms with E-state index in [-0.39, 0.29) is 12.2 Å². The van der Waals surface area contributed by atoms with Crippen LogP contribution in [0.25, 0.3) is 10.8 Å². The van der Waals surface area contributed by atoms with Crippen molar-refractivity contribution in [2.24, 2.45) is 0 Å². The Morgan fingerprint density at radius 3 is 2.48 bits per heavy atom. The van der Waals surface area contributed by atoms with E-state index in [0.717, 1.165) is 10.9 Å². The van der Waals surface area contributed by atoms with Gasteiger partial charge in [-0.05, 0) is 43.2 Å². The van der Waals surface area contributed by atoms with E-state index < -0.39 is 11.2 Å². The molecule has 0 aliphatic carbocycles. The number of fused-ring (bicyclic) bond motifs is 1. The van der Waals surface area contributed by atoms with Crippen LogP contribution in [0.1, 0.15) is 39.2 Å². The fourth-order valence-corrected chi connectivity index (χ4v) is 4.06. The molecule has 6 nitrogen and oxygen atoms in total. The van der Waals surface area contributed by atoms with Crippen LogP contribution in [0.3, 0.4) is 0 Å². The number of amides is 2. The molecule has 2 heterocycles. The van der Waals surface area contributed by atoms with E-state index in [1.165, 1.54) is 5.39 Å². The van der Waals surface area contributed by atoms with Crippen LogP contribution in [0.4, 0.5) is 9.59 Å². The topological polar surface area (TPSA) is 59.1 Å². The number of likely N-dealkylation sites (tertiary alicyclic amines) is 1. The Kier molecular flexibility index (Phi) is 4.89. The van der Waals surface area contributed by atoms with Gasteiger partial charge in [-0.1, -0.05) is 36.4 Å². The zero-order chi connectivity index (χ0) is 20.6. The van der Waals surface area contributed by atoms with Gasteiger partial charge < -0.3 is 14.4 Å². The van der Waals surface area contributed by atoms with Crippen LogP contribution in [0.5, 0.6) is 0 Å². The predicted molar refractivity (Wildman–Crippen MR) is 111 cm³/mol. The third-order valence-corrected chi connectivity index (χ3v) is 5.55. The molecule has 6 heteroatoms. The molecule has 0 N–H and O–H groups in total. The van der Waals surface area contributed by atoms with Crippen LogP contribution in [0.15, 0.2) is 42.5 Å². The highest BCUT2D eigenvalue weighted by atomic mass is 16.6. The Hall–Kier alpha value is -2.76. The van der Waals surface area contributed by atoms with Crippen LogP contribution in [0.2, 0.25) is 0 Å². The number of hydrogen-bond donors (Lipinski definition) is 0. The van der Waals surface area contributed by atoms with Crippen molar-refractivity contribution in [3.05, 3.63) is 48.0 Å². The highest BCUT2D eigenvalue weighted by Crippen LogP contribution is 2.34. The minimum atomic E-state index is -0.511. The minimum Gasteiger partial charge on any atom is -0.444 e. The van der Waals surface area contributed by atoms with E-state index in [1.807, 2.05) is 32.9 Å². The van der Waals surface area contributed by atoms with Gasteiger partial charge in [-0.25, -0.2) is 9.59 Å². The summed E-state index contributed by atoms with van der Waals surface area (Å²) in [5, 5.41) is 2.35. The monoisotopic (exact) mass is 396 g/mol. The molecule has 2 aromatic rings. The number of nitrogens with zero attached hydrogens (tertiary/aromatic N) is 2. The van der Waals surface area contributed by atoms with Crippen LogP contribution >= 0.6 is 0 Å². The van der Waals surface area contributed by atoms with Gasteiger partial charge in [0, 0.05) is 32.5 Å². The van der Waals surface area contributed by atoms with E-state index in [1.54, 1.807) is 9.80 Å². The normalized spacial score (nSPS) is 18.9. The molecule has 2 aromatic carbocycles. The van der Waals surface area contributed by atoms with Crippen molar-refractivity contribution >= 4 is 23.0 Å². The number of carbonyl (C=O) groups is 2. The summed E-state index contributed by atoms with van der Waals surface area (Å²) in [6.45, 7) is 7.74. The average molecular weight is 396 g/mol. The molecular weight excluding hydrogens is 368 g/mol. The molecule has 0 saturated carbocycles. The van der Waals surface area contributed by atoms with Crippen LogP contribution in [-0.4, -0.2) is 52.8 Å². The molecular formula is C23H28N2O4. The van der Waals surface area contributed by atoms with Crippen molar-refractivity contribution in [2.75, 3.05) is 19.6 Å². The Morgan fingerprint density at radius 2 is 1.79 bits per heavy atom. The minimum absolute atomic E-state index is 0.274. The zero-order valence-corrected chi connectivity index (χ0v) is 17.3. The fourth-order valence-electron chi connectivity index (χ4n) is 4.06. The number of hydrogen-bond acceptors (Lipinski definition) is 4. The fraction of sp³-hybridized carbons (Fsp3) is 0.478. The molecule has 4 rings (SSSR count). The molecule has 29 heavy (non-hydrogen) atoms.